The Morgan fingerprint density at radius 1 is 1.35 bits per heavy atom. The summed E-state index contributed by atoms with van der Waals surface area (Å²) in [4.78, 5) is 11.4. The van der Waals surface area contributed by atoms with Crippen LogP contribution in [0.5, 0.6) is 0 Å². The predicted molar refractivity (Wildman–Crippen MR) is 83.0 cm³/mol. The molecular formula is C15H24N4O. The van der Waals surface area contributed by atoms with Crippen molar-refractivity contribution >= 4 is 17.3 Å². The van der Waals surface area contributed by atoms with Crippen LogP contribution in [0.1, 0.15) is 43.0 Å². The fraction of sp³-hybridized carbons (Fsp3) is 0.533. The molecule has 2 rings (SSSR count). The average molecular weight is 276 g/mol. The van der Waals surface area contributed by atoms with Crippen LogP contribution in [0.15, 0.2) is 18.2 Å². The molecule has 0 bridgehead atoms. The lowest BCUT2D eigenvalue weighted by Crippen LogP contribution is -2.42. The van der Waals surface area contributed by atoms with Gasteiger partial charge >= 0.3 is 0 Å². The molecule has 1 saturated carbocycles. The summed E-state index contributed by atoms with van der Waals surface area (Å²) in [7, 11) is 0. The van der Waals surface area contributed by atoms with E-state index in [-0.39, 0.29) is 6.04 Å². The monoisotopic (exact) mass is 276 g/mol. The molecule has 0 heterocycles. The van der Waals surface area contributed by atoms with Crippen molar-refractivity contribution < 1.29 is 4.79 Å². The molecule has 0 aromatic heterocycles. The first-order valence-electron chi connectivity index (χ1n) is 7.31. The van der Waals surface area contributed by atoms with Crippen LogP contribution in [-0.2, 0) is 0 Å². The van der Waals surface area contributed by atoms with Crippen molar-refractivity contribution in [2.24, 2.45) is 11.5 Å². The molecule has 0 radical (unpaired) electrons. The van der Waals surface area contributed by atoms with Crippen molar-refractivity contribution in [3.8, 4) is 0 Å². The summed E-state index contributed by atoms with van der Waals surface area (Å²) < 4.78 is 0. The van der Waals surface area contributed by atoms with Crippen LogP contribution < -0.4 is 22.1 Å². The van der Waals surface area contributed by atoms with Gasteiger partial charge in [0.1, 0.15) is 0 Å². The van der Waals surface area contributed by atoms with E-state index in [2.05, 4.69) is 10.6 Å². The van der Waals surface area contributed by atoms with Gasteiger partial charge in [-0.3, -0.25) is 4.79 Å². The summed E-state index contributed by atoms with van der Waals surface area (Å²) in [6.07, 6.45) is 4.58. The first-order valence-corrected chi connectivity index (χ1v) is 7.31. The molecule has 1 aliphatic carbocycles. The number of carbonyl (C=O) groups is 1. The highest BCUT2D eigenvalue weighted by Crippen LogP contribution is 2.25. The summed E-state index contributed by atoms with van der Waals surface area (Å²) in [6.45, 7) is 2.73. The van der Waals surface area contributed by atoms with Gasteiger partial charge in [-0.25, -0.2) is 0 Å². The van der Waals surface area contributed by atoms with E-state index in [0.717, 1.165) is 30.8 Å². The van der Waals surface area contributed by atoms with Gasteiger partial charge in [0.15, 0.2) is 0 Å². The maximum atomic E-state index is 11.4. The van der Waals surface area contributed by atoms with Crippen molar-refractivity contribution in [3.05, 3.63) is 23.8 Å². The van der Waals surface area contributed by atoms with Crippen molar-refractivity contribution in [1.82, 2.24) is 0 Å². The number of nitrogens with two attached hydrogens (primary N) is 2. The Labute approximate surface area is 120 Å². The van der Waals surface area contributed by atoms with Crippen LogP contribution in [-0.4, -0.2) is 24.5 Å². The molecule has 110 valence electrons. The van der Waals surface area contributed by atoms with Crippen molar-refractivity contribution in [2.75, 3.05) is 17.2 Å². The fourth-order valence-corrected chi connectivity index (χ4v) is 2.74. The van der Waals surface area contributed by atoms with Gasteiger partial charge in [-0.05, 0) is 38.0 Å². The van der Waals surface area contributed by atoms with Crippen molar-refractivity contribution in [1.29, 1.82) is 0 Å². The van der Waals surface area contributed by atoms with E-state index in [1.165, 1.54) is 12.8 Å². The van der Waals surface area contributed by atoms with E-state index in [1.54, 1.807) is 6.07 Å². The van der Waals surface area contributed by atoms with E-state index in [9.17, 15) is 4.79 Å². The normalized spacial score (nSPS) is 22.3. The number of hydrogen-bond acceptors (Lipinski definition) is 4. The average Bonchev–Trinajstić information content (AvgIpc) is 2.42. The van der Waals surface area contributed by atoms with Crippen LogP contribution >= 0.6 is 0 Å². The summed E-state index contributed by atoms with van der Waals surface area (Å²) in [5.41, 5.74) is 13.8. The Morgan fingerprint density at radius 3 is 2.75 bits per heavy atom. The van der Waals surface area contributed by atoms with Gasteiger partial charge in [0, 0.05) is 30.0 Å². The van der Waals surface area contributed by atoms with Crippen LogP contribution in [0.25, 0.3) is 0 Å². The molecule has 0 aliphatic heterocycles. The van der Waals surface area contributed by atoms with Crippen molar-refractivity contribution in [3.63, 3.8) is 0 Å². The van der Waals surface area contributed by atoms with E-state index in [4.69, 9.17) is 11.5 Å². The molecular weight excluding hydrogens is 252 g/mol. The lowest BCUT2D eigenvalue weighted by atomic mass is 9.91. The highest BCUT2D eigenvalue weighted by Gasteiger charge is 2.21. The number of primary amides is 1. The zero-order valence-electron chi connectivity index (χ0n) is 12.0. The molecule has 6 N–H and O–H groups in total. The van der Waals surface area contributed by atoms with Crippen molar-refractivity contribution in [2.45, 2.75) is 44.7 Å². The Hall–Kier alpha value is -1.75. The second-order valence-electron chi connectivity index (χ2n) is 5.35. The van der Waals surface area contributed by atoms with Gasteiger partial charge in [0.25, 0.3) is 5.91 Å². The number of hydrogen-bond donors (Lipinski definition) is 4. The van der Waals surface area contributed by atoms with Gasteiger partial charge < -0.3 is 22.1 Å². The van der Waals surface area contributed by atoms with Gasteiger partial charge in [-0.2, -0.15) is 0 Å². The summed E-state index contributed by atoms with van der Waals surface area (Å²) in [6, 6.07) is 6.09. The molecule has 20 heavy (non-hydrogen) atoms. The zero-order valence-corrected chi connectivity index (χ0v) is 12.0. The van der Waals surface area contributed by atoms with Gasteiger partial charge in [0.05, 0.1) is 5.56 Å². The predicted octanol–water partition coefficient (Wildman–Crippen LogP) is 1.90. The minimum absolute atomic E-state index is 0.196. The number of nitrogens with one attached hydrogen (secondary N) is 2. The second-order valence-corrected chi connectivity index (χ2v) is 5.35. The van der Waals surface area contributed by atoms with E-state index in [1.807, 2.05) is 19.1 Å². The number of amides is 1. The maximum absolute atomic E-state index is 11.4. The summed E-state index contributed by atoms with van der Waals surface area (Å²) in [5.74, 6) is -0.415. The number of rotatable bonds is 5. The fourth-order valence-electron chi connectivity index (χ4n) is 2.74. The number of benzene rings is 1. The van der Waals surface area contributed by atoms with Gasteiger partial charge in [-0.1, -0.05) is 12.8 Å². The van der Waals surface area contributed by atoms with Crippen LogP contribution in [0.3, 0.4) is 0 Å². The topological polar surface area (TPSA) is 93.2 Å². The largest absolute Gasteiger partial charge is 0.385 e. The maximum Gasteiger partial charge on any atom is 0.250 e. The third-order valence-corrected chi connectivity index (χ3v) is 3.82. The van der Waals surface area contributed by atoms with Crippen LogP contribution in [0, 0.1) is 0 Å². The lowest BCUT2D eigenvalue weighted by Gasteiger charge is -2.30. The molecule has 0 saturated heterocycles. The Balaban J connectivity index is 2.15. The molecule has 1 amide bonds. The minimum Gasteiger partial charge on any atom is -0.385 e. The smallest absolute Gasteiger partial charge is 0.250 e. The summed E-state index contributed by atoms with van der Waals surface area (Å²) >= 11 is 0. The number of carbonyl (C=O) groups excluding carboxylic acids is 1. The molecule has 1 aromatic rings. The Kier molecular flexibility index (Phi) is 4.84. The third kappa shape index (κ3) is 3.42. The molecule has 5 heteroatoms. The van der Waals surface area contributed by atoms with Crippen LogP contribution in [0.2, 0.25) is 0 Å². The highest BCUT2D eigenvalue weighted by atomic mass is 16.1. The lowest BCUT2D eigenvalue weighted by molar-refractivity contribution is 0.100. The highest BCUT2D eigenvalue weighted by molar-refractivity contribution is 5.99. The SMILES string of the molecule is CCNc1cc(N[C@@H]2CCCC[C@@H]2N)ccc1C(N)=O. The molecule has 1 aromatic carbocycles. The van der Waals surface area contributed by atoms with E-state index >= 15 is 0 Å². The minimum atomic E-state index is -0.415. The quantitative estimate of drug-likeness (QED) is 0.661. The Bertz CT molecular complexity index is 475. The van der Waals surface area contributed by atoms with Gasteiger partial charge in [-0.15, -0.1) is 0 Å². The van der Waals surface area contributed by atoms with Gasteiger partial charge in [0.2, 0.25) is 0 Å². The molecule has 1 aliphatic rings. The standard InChI is InChI=1S/C15H24N4O/c1-2-18-14-9-10(7-8-11(14)15(17)20)19-13-6-4-3-5-12(13)16/h7-9,12-13,18-19H,2-6,16H2,1H3,(H2,17,20)/t12-,13+/m0/s1. The van der Waals surface area contributed by atoms with E-state index < -0.39 is 5.91 Å². The van der Waals surface area contributed by atoms with Crippen LogP contribution in [0.4, 0.5) is 11.4 Å². The third-order valence-electron chi connectivity index (χ3n) is 3.82. The summed E-state index contributed by atoms with van der Waals surface area (Å²) in [5, 5.41) is 6.65. The molecule has 5 nitrogen and oxygen atoms in total. The van der Waals surface area contributed by atoms with E-state index in [0.29, 0.717) is 11.6 Å². The Morgan fingerprint density at radius 2 is 2.10 bits per heavy atom. The first-order chi connectivity index (χ1) is 9.61. The molecule has 0 unspecified atom stereocenters. The molecule has 0 spiro atoms. The molecule has 2 atom stereocenters. The second kappa shape index (κ2) is 6.61. The first kappa shape index (κ1) is 14.7. The number of anilines is 2. The zero-order chi connectivity index (χ0) is 14.5. The molecule has 1 fully saturated rings.